The third-order valence-corrected chi connectivity index (χ3v) is 3.49. The zero-order valence-corrected chi connectivity index (χ0v) is 10.8. The highest BCUT2D eigenvalue weighted by atomic mass is 16.3. The van der Waals surface area contributed by atoms with Gasteiger partial charge in [0.1, 0.15) is 5.75 Å². The van der Waals surface area contributed by atoms with Crippen molar-refractivity contribution < 1.29 is 5.11 Å². The molecule has 1 aromatic carbocycles. The summed E-state index contributed by atoms with van der Waals surface area (Å²) in [6, 6.07) is 8.03. The molecule has 0 aliphatic carbocycles. The summed E-state index contributed by atoms with van der Waals surface area (Å²) >= 11 is 0. The smallest absolute Gasteiger partial charge is 0.115 e. The summed E-state index contributed by atoms with van der Waals surface area (Å²) in [5, 5.41) is 13.0. The van der Waals surface area contributed by atoms with E-state index in [0.717, 1.165) is 39.0 Å². The van der Waals surface area contributed by atoms with E-state index in [-0.39, 0.29) is 0 Å². The standard InChI is InChI=1S/C15H22N2O/c1-2-3-7-15(17-10-8-16-9-11-17)13-5-4-6-14(18)12-13/h2,4-6,12,15-16,18H,1,3,7-11H2/t15-/m0/s1. The van der Waals surface area contributed by atoms with Crippen LogP contribution in [0.15, 0.2) is 36.9 Å². The number of rotatable bonds is 5. The molecule has 18 heavy (non-hydrogen) atoms. The number of phenolic OH excluding ortho intramolecular Hbond substituents is 1. The molecule has 98 valence electrons. The summed E-state index contributed by atoms with van der Waals surface area (Å²) in [4.78, 5) is 2.49. The van der Waals surface area contributed by atoms with Crippen LogP contribution in [0.3, 0.4) is 0 Å². The first-order chi connectivity index (χ1) is 8.81. The summed E-state index contributed by atoms with van der Waals surface area (Å²) in [7, 11) is 0. The van der Waals surface area contributed by atoms with Gasteiger partial charge in [0.2, 0.25) is 0 Å². The quantitative estimate of drug-likeness (QED) is 0.783. The van der Waals surface area contributed by atoms with Crippen LogP contribution in [0.5, 0.6) is 5.75 Å². The van der Waals surface area contributed by atoms with Crippen molar-refractivity contribution in [2.45, 2.75) is 18.9 Å². The molecular weight excluding hydrogens is 224 g/mol. The third-order valence-electron chi connectivity index (χ3n) is 3.49. The van der Waals surface area contributed by atoms with Gasteiger partial charge >= 0.3 is 0 Å². The maximum Gasteiger partial charge on any atom is 0.115 e. The molecule has 1 aliphatic heterocycles. The number of benzene rings is 1. The van der Waals surface area contributed by atoms with E-state index >= 15 is 0 Å². The van der Waals surface area contributed by atoms with Crippen LogP contribution in [0.1, 0.15) is 24.4 Å². The number of allylic oxidation sites excluding steroid dienone is 1. The first kappa shape index (κ1) is 13.1. The fourth-order valence-electron chi connectivity index (χ4n) is 2.56. The van der Waals surface area contributed by atoms with E-state index in [0.29, 0.717) is 11.8 Å². The average molecular weight is 246 g/mol. The van der Waals surface area contributed by atoms with Crippen molar-refractivity contribution in [1.82, 2.24) is 10.2 Å². The van der Waals surface area contributed by atoms with Gasteiger partial charge in [0, 0.05) is 32.2 Å². The van der Waals surface area contributed by atoms with E-state index in [1.54, 1.807) is 6.07 Å². The molecule has 1 aliphatic rings. The molecule has 0 saturated carbocycles. The van der Waals surface area contributed by atoms with Crippen LogP contribution in [0.4, 0.5) is 0 Å². The average Bonchev–Trinajstić information content (AvgIpc) is 2.40. The molecule has 1 atom stereocenters. The van der Waals surface area contributed by atoms with E-state index in [4.69, 9.17) is 0 Å². The van der Waals surface area contributed by atoms with Crippen LogP contribution in [0.25, 0.3) is 0 Å². The second-order valence-electron chi connectivity index (χ2n) is 4.76. The van der Waals surface area contributed by atoms with Gasteiger partial charge in [-0.25, -0.2) is 0 Å². The maximum atomic E-state index is 9.63. The van der Waals surface area contributed by atoms with Crippen LogP contribution >= 0.6 is 0 Å². The Hall–Kier alpha value is -1.32. The lowest BCUT2D eigenvalue weighted by molar-refractivity contribution is 0.166. The molecule has 0 amide bonds. The molecule has 1 fully saturated rings. The van der Waals surface area contributed by atoms with E-state index in [1.165, 1.54) is 5.56 Å². The van der Waals surface area contributed by atoms with E-state index in [2.05, 4.69) is 22.9 Å². The third kappa shape index (κ3) is 3.34. The van der Waals surface area contributed by atoms with Gasteiger partial charge in [0.05, 0.1) is 0 Å². The number of nitrogens with one attached hydrogen (secondary N) is 1. The SMILES string of the molecule is C=CCC[C@@H](c1cccc(O)c1)N1CCNCC1. The van der Waals surface area contributed by atoms with Gasteiger partial charge in [-0.05, 0) is 30.5 Å². The van der Waals surface area contributed by atoms with Crippen LogP contribution < -0.4 is 5.32 Å². The topological polar surface area (TPSA) is 35.5 Å². The van der Waals surface area contributed by atoms with Crippen LogP contribution in [0.2, 0.25) is 0 Å². The van der Waals surface area contributed by atoms with Crippen molar-refractivity contribution in [3.8, 4) is 5.75 Å². The van der Waals surface area contributed by atoms with Crippen molar-refractivity contribution in [2.75, 3.05) is 26.2 Å². The first-order valence-corrected chi connectivity index (χ1v) is 6.66. The lowest BCUT2D eigenvalue weighted by Crippen LogP contribution is -2.45. The first-order valence-electron chi connectivity index (χ1n) is 6.66. The van der Waals surface area contributed by atoms with Gasteiger partial charge in [0.15, 0.2) is 0 Å². The summed E-state index contributed by atoms with van der Waals surface area (Å²) in [5.74, 6) is 0.353. The molecule has 0 radical (unpaired) electrons. The van der Waals surface area contributed by atoms with Gasteiger partial charge in [-0.2, -0.15) is 0 Å². The van der Waals surface area contributed by atoms with E-state index in [1.807, 2.05) is 18.2 Å². The lowest BCUT2D eigenvalue weighted by atomic mass is 9.99. The Morgan fingerprint density at radius 3 is 2.83 bits per heavy atom. The Morgan fingerprint density at radius 2 is 2.17 bits per heavy atom. The van der Waals surface area contributed by atoms with Gasteiger partial charge in [0.25, 0.3) is 0 Å². The van der Waals surface area contributed by atoms with Crippen molar-refractivity contribution >= 4 is 0 Å². The van der Waals surface area contributed by atoms with Crippen LogP contribution in [0, 0.1) is 0 Å². The van der Waals surface area contributed by atoms with Crippen molar-refractivity contribution in [3.05, 3.63) is 42.5 Å². The highest BCUT2D eigenvalue weighted by molar-refractivity contribution is 5.29. The molecular formula is C15H22N2O. The second kappa shape index (κ2) is 6.57. The summed E-state index contributed by atoms with van der Waals surface area (Å²) in [5.41, 5.74) is 1.21. The number of hydrogen-bond acceptors (Lipinski definition) is 3. The molecule has 0 bridgehead atoms. The number of hydrogen-bond donors (Lipinski definition) is 2. The largest absolute Gasteiger partial charge is 0.508 e. The van der Waals surface area contributed by atoms with Gasteiger partial charge in [-0.1, -0.05) is 18.2 Å². The molecule has 0 aromatic heterocycles. The predicted octanol–water partition coefficient (Wildman–Crippen LogP) is 2.30. The summed E-state index contributed by atoms with van der Waals surface area (Å²) in [6.45, 7) is 8.03. The monoisotopic (exact) mass is 246 g/mol. The molecule has 1 saturated heterocycles. The van der Waals surface area contributed by atoms with Crippen molar-refractivity contribution in [2.24, 2.45) is 0 Å². The predicted molar refractivity (Wildman–Crippen MR) is 74.7 cm³/mol. The molecule has 1 heterocycles. The number of aromatic hydroxyl groups is 1. The van der Waals surface area contributed by atoms with E-state index in [9.17, 15) is 5.11 Å². The number of phenols is 1. The van der Waals surface area contributed by atoms with Gasteiger partial charge < -0.3 is 10.4 Å². The van der Waals surface area contributed by atoms with Crippen LogP contribution in [-0.4, -0.2) is 36.2 Å². The fraction of sp³-hybridized carbons (Fsp3) is 0.467. The Bertz CT molecular complexity index is 386. The molecule has 3 nitrogen and oxygen atoms in total. The maximum absolute atomic E-state index is 9.63. The zero-order chi connectivity index (χ0) is 12.8. The molecule has 0 unspecified atom stereocenters. The summed E-state index contributed by atoms with van der Waals surface area (Å²) < 4.78 is 0. The minimum absolute atomic E-state index is 0.353. The second-order valence-corrected chi connectivity index (χ2v) is 4.76. The Kier molecular flexibility index (Phi) is 4.79. The molecule has 3 heteroatoms. The Morgan fingerprint density at radius 1 is 1.39 bits per heavy atom. The highest BCUT2D eigenvalue weighted by Crippen LogP contribution is 2.28. The van der Waals surface area contributed by atoms with Gasteiger partial charge in [-0.15, -0.1) is 6.58 Å². The normalized spacial score (nSPS) is 18.4. The van der Waals surface area contributed by atoms with Gasteiger partial charge in [-0.3, -0.25) is 4.90 Å². The Labute approximate surface area is 109 Å². The summed E-state index contributed by atoms with van der Waals surface area (Å²) in [6.07, 6.45) is 4.04. The van der Waals surface area contributed by atoms with E-state index < -0.39 is 0 Å². The Balaban J connectivity index is 2.15. The zero-order valence-electron chi connectivity index (χ0n) is 10.8. The highest BCUT2D eigenvalue weighted by Gasteiger charge is 2.21. The molecule has 0 spiro atoms. The molecule has 2 N–H and O–H groups in total. The molecule has 1 aromatic rings. The fourth-order valence-corrected chi connectivity index (χ4v) is 2.56. The minimum Gasteiger partial charge on any atom is -0.508 e. The number of piperazine rings is 1. The van der Waals surface area contributed by atoms with Crippen LogP contribution in [-0.2, 0) is 0 Å². The lowest BCUT2D eigenvalue weighted by Gasteiger charge is -2.35. The number of nitrogens with zero attached hydrogens (tertiary/aromatic N) is 1. The van der Waals surface area contributed by atoms with Crippen molar-refractivity contribution in [3.63, 3.8) is 0 Å². The van der Waals surface area contributed by atoms with Crippen molar-refractivity contribution in [1.29, 1.82) is 0 Å². The molecule has 2 rings (SSSR count). The minimum atomic E-state index is 0.353.